The lowest BCUT2D eigenvalue weighted by Gasteiger charge is -2.42. The highest BCUT2D eigenvalue weighted by Gasteiger charge is 2.37. The number of pyridine rings is 1. The van der Waals surface area contributed by atoms with E-state index in [1.54, 1.807) is 10.6 Å². The van der Waals surface area contributed by atoms with Crippen LogP contribution in [-0.2, 0) is 17.9 Å². The standard InChI is InChI=1S/C22H22N4O4/c27-21(8-10-23-9-7-16-3-1-2-4-18(16)23)24-12-15-11-17(14-24)19-5-6-20(26(29)30)22(28)25(19)13-15/h1-7,9,15,17H,8,10-14H2/t15-,17-/m1/s1. The largest absolute Gasteiger partial charge is 0.347 e. The first-order valence-electron chi connectivity index (χ1n) is 10.2. The lowest BCUT2D eigenvalue weighted by atomic mass is 9.83. The molecule has 2 aliphatic rings. The molecule has 5 rings (SSSR count). The van der Waals surface area contributed by atoms with Gasteiger partial charge >= 0.3 is 11.2 Å². The predicted octanol–water partition coefficient (Wildman–Crippen LogP) is 2.75. The van der Waals surface area contributed by atoms with E-state index in [-0.39, 0.29) is 23.4 Å². The summed E-state index contributed by atoms with van der Waals surface area (Å²) in [5.74, 6) is 0.301. The van der Waals surface area contributed by atoms with Crippen LogP contribution in [0.2, 0.25) is 0 Å². The molecule has 154 valence electrons. The van der Waals surface area contributed by atoms with Crippen LogP contribution in [0.4, 0.5) is 5.69 Å². The molecule has 0 N–H and O–H groups in total. The van der Waals surface area contributed by atoms with Crippen LogP contribution >= 0.6 is 0 Å². The van der Waals surface area contributed by atoms with E-state index in [9.17, 15) is 19.7 Å². The van der Waals surface area contributed by atoms with Gasteiger partial charge in [0.2, 0.25) is 5.91 Å². The van der Waals surface area contributed by atoms with Crippen LogP contribution in [0, 0.1) is 16.0 Å². The molecule has 0 spiro atoms. The SMILES string of the molecule is O=C(CCn1ccc2ccccc21)N1C[C@H]2C[C@H](C1)c1ccc([N+](=O)[O-])c(=O)n1C2. The summed E-state index contributed by atoms with van der Waals surface area (Å²) in [5, 5.41) is 12.2. The summed E-state index contributed by atoms with van der Waals surface area (Å²) >= 11 is 0. The van der Waals surface area contributed by atoms with Gasteiger partial charge in [-0.05, 0) is 35.9 Å². The van der Waals surface area contributed by atoms with Crippen LogP contribution in [0.15, 0.2) is 53.5 Å². The van der Waals surface area contributed by atoms with Crippen molar-refractivity contribution in [3.63, 3.8) is 0 Å². The van der Waals surface area contributed by atoms with Crippen molar-refractivity contribution in [2.24, 2.45) is 5.92 Å². The third-order valence-electron chi connectivity index (χ3n) is 6.38. The molecule has 2 aromatic heterocycles. The zero-order valence-electron chi connectivity index (χ0n) is 16.4. The van der Waals surface area contributed by atoms with Crippen LogP contribution in [0.1, 0.15) is 24.5 Å². The summed E-state index contributed by atoms with van der Waals surface area (Å²) in [7, 11) is 0. The van der Waals surface area contributed by atoms with E-state index in [0.29, 0.717) is 32.6 Å². The number of rotatable bonds is 4. The van der Waals surface area contributed by atoms with Gasteiger partial charge in [0, 0.05) is 62.0 Å². The second kappa shape index (κ2) is 7.12. The second-order valence-corrected chi connectivity index (χ2v) is 8.23. The Bertz CT molecular complexity index is 1210. The quantitative estimate of drug-likeness (QED) is 0.492. The van der Waals surface area contributed by atoms with E-state index < -0.39 is 10.5 Å². The third-order valence-corrected chi connectivity index (χ3v) is 6.38. The molecule has 8 nitrogen and oxygen atoms in total. The van der Waals surface area contributed by atoms with Crippen molar-refractivity contribution in [2.45, 2.75) is 31.8 Å². The highest BCUT2D eigenvalue weighted by Crippen LogP contribution is 2.35. The Morgan fingerprint density at radius 2 is 1.93 bits per heavy atom. The summed E-state index contributed by atoms with van der Waals surface area (Å²) in [6.45, 7) is 2.20. The summed E-state index contributed by atoms with van der Waals surface area (Å²) in [6, 6.07) is 13.1. The van der Waals surface area contributed by atoms with Crippen LogP contribution in [0.25, 0.3) is 10.9 Å². The van der Waals surface area contributed by atoms with E-state index in [2.05, 4.69) is 22.8 Å². The maximum atomic E-state index is 12.9. The Kier molecular flexibility index (Phi) is 4.42. The van der Waals surface area contributed by atoms with Gasteiger partial charge in [0.1, 0.15) is 0 Å². The molecule has 2 atom stereocenters. The van der Waals surface area contributed by atoms with Crippen LogP contribution in [0.3, 0.4) is 0 Å². The first-order chi connectivity index (χ1) is 14.5. The fourth-order valence-corrected chi connectivity index (χ4v) is 4.99. The van der Waals surface area contributed by atoms with Gasteiger partial charge < -0.3 is 14.0 Å². The zero-order valence-corrected chi connectivity index (χ0v) is 16.4. The summed E-state index contributed by atoms with van der Waals surface area (Å²) in [5.41, 5.74) is 1.00. The highest BCUT2D eigenvalue weighted by atomic mass is 16.6. The number of nitrogens with zero attached hydrogens (tertiary/aromatic N) is 4. The second-order valence-electron chi connectivity index (χ2n) is 8.23. The molecular formula is C22H22N4O4. The van der Waals surface area contributed by atoms with E-state index in [1.165, 1.54) is 6.07 Å². The summed E-state index contributed by atoms with van der Waals surface area (Å²) in [6.07, 6.45) is 3.34. The van der Waals surface area contributed by atoms with Crippen molar-refractivity contribution in [1.82, 2.24) is 14.0 Å². The molecular weight excluding hydrogens is 384 g/mol. The minimum Gasteiger partial charge on any atom is -0.347 e. The van der Waals surface area contributed by atoms with E-state index in [1.807, 2.05) is 23.2 Å². The van der Waals surface area contributed by atoms with Crippen molar-refractivity contribution >= 4 is 22.5 Å². The summed E-state index contributed by atoms with van der Waals surface area (Å²) in [4.78, 5) is 37.8. The molecule has 1 saturated heterocycles. The van der Waals surface area contributed by atoms with Gasteiger partial charge in [-0.3, -0.25) is 19.7 Å². The average molecular weight is 406 g/mol. The number of amides is 1. The van der Waals surface area contributed by atoms with Crippen molar-refractivity contribution < 1.29 is 9.72 Å². The van der Waals surface area contributed by atoms with Gasteiger partial charge in [0.05, 0.1) is 4.92 Å². The number of carbonyl (C=O) groups excluding carboxylic acids is 1. The smallest absolute Gasteiger partial charge is 0.334 e. The molecule has 2 aliphatic heterocycles. The molecule has 1 amide bonds. The van der Waals surface area contributed by atoms with Gasteiger partial charge in [-0.15, -0.1) is 0 Å². The third kappa shape index (κ3) is 3.08. The molecule has 8 heteroatoms. The molecule has 2 bridgehead atoms. The molecule has 0 saturated carbocycles. The predicted molar refractivity (Wildman–Crippen MR) is 111 cm³/mol. The van der Waals surface area contributed by atoms with Crippen LogP contribution in [0.5, 0.6) is 0 Å². The molecule has 4 heterocycles. The van der Waals surface area contributed by atoms with Crippen LogP contribution < -0.4 is 5.56 Å². The average Bonchev–Trinajstić information content (AvgIpc) is 3.15. The maximum absolute atomic E-state index is 12.9. The number of piperidine rings is 1. The lowest BCUT2D eigenvalue weighted by Crippen LogP contribution is -2.49. The van der Waals surface area contributed by atoms with Gasteiger partial charge in [-0.1, -0.05) is 18.2 Å². The van der Waals surface area contributed by atoms with Crippen molar-refractivity contribution in [2.75, 3.05) is 13.1 Å². The van der Waals surface area contributed by atoms with Crippen LogP contribution in [-0.4, -0.2) is 38.0 Å². The number of aromatic nitrogens is 2. The first-order valence-corrected chi connectivity index (χ1v) is 10.2. The topological polar surface area (TPSA) is 90.4 Å². The molecule has 0 radical (unpaired) electrons. The Balaban J connectivity index is 1.31. The Morgan fingerprint density at radius 3 is 2.77 bits per heavy atom. The van der Waals surface area contributed by atoms with E-state index in [4.69, 9.17) is 0 Å². The minimum absolute atomic E-state index is 0.0439. The van der Waals surface area contributed by atoms with Gasteiger partial charge in [-0.2, -0.15) is 0 Å². The molecule has 0 unspecified atom stereocenters. The van der Waals surface area contributed by atoms with E-state index >= 15 is 0 Å². The minimum atomic E-state index is -0.624. The lowest BCUT2D eigenvalue weighted by molar-refractivity contribution is -0.386. The molecule has 3 aromatic rings. The van der Waals surface area contributed by atoms with Crippen molar-refractivity contribution in [3.05, 3.63) is 74.8 Å². The summed E-state index contributed by atoms with van der Waals surface area (Å²) < 4.78 is 3.65. The van der Waals surface area contributed by atoms with Gasteiger partial charge in [0.25, 0.3) is 0 Å². The fourth-order valence-electron chi connectivity index (χ4n) is 4.99. The molecule has 30 heavy (non-hydrogen) atoms. The van der Waals surface area contributed by atoms with Gasteiger partial charge in [-0.25, -0.2) is 0 Å². The number of fused-ring (bicyclic) bond motifs is 5. The Labute approximate surface area is 172 Å². The molecule has 1 aromatic carbocycles. The first kappa shape index (κ1) is 18.6. The number of para-hydroxylation sites is 1. The maximum Gasteiger partial charge on any atom is 0.334 e. The number of aryl methyl sites for hydroxylation is 1. The number of hydrogen-bond acceptors (Lipinski definition) is 4. The van der Waals surface area contributed by atoms with Crippen molar-refractivity contribution in [1.29, 1.82) is 0 Å². The Hall–Kier alpha value is -3.42. The highest BCUT2D eigenvalue weighted by molar-refractivity contribution is 5.80. The number of hydrogen-bond donors (Lipinski definition) is 0. The monoisotopic (exact) mass is 406 g/mol. The molecule has 0 aliphatic carbocycles. The van der Waals surface area contributed by atoms with Gasteiger partial charge in [0.15, 0.2) is 0 Å². The number of benzene rings is 1. The number of likely N-dealkylation sites (tertiary alicyclic amines) is 1. The zero-order chi connectivity index (χ0) is 20.8. The van der Waals surface area contributed by atoms with Crippen molar-refractivity contribution in [3.8, 4) is 0 Å². The fraction of sp³-hybridized carbons (Fsp3) is 0.364. The number of nitro groups is 1. The normalized spacial score (nSPS) is 20.2. The Morgan fingerprint density at radius 1 is 1.10 bits per heavy atom. The van der Waals surface area contributed by atoms with E-state index in [0.717, 1.165) is 23.0 Å². The number of carbonyl (C=O) groups is 1. The molecule has 1 fully saturated rings.